The molecular formula is C11H15FN2O3S. The Hall–Kier alpha value is -1.47. The van der Waals surface area contributed by atoms with E-state index in [1.54, 1.807) is 6.07 Å². The Labute approximate surface area is 105 Å². The number of nitrogens with two attached hydrogens (primary N) is 1. The largest absolute Gasteiger partial charge is 0.326 e. The van der Waals surface area contributed by atoms with Gasteiger partial charge in [-0.2, -0.15) is 0 Å². The van der Waals surface area contributed by atoms with Crippen molar-refractivity contribution in [2.45, 2.75) is 18.7 Å². The summed E-state index contributed by atoms with van der Waals surface area (Å²) in [4.78, 5) is 11.6. The molecule has 7 heteroatoms. The molecule has 100 valence electrons. The predicted molar refractivity (Wildman–Crippen MR) is 67.2 cm³/mol. The van der Waals surface area contributed by atoms with Gasteiger partial charge in [-0.1, -0.05) is 6.07 Å². The molecule has 3 N–H and O–H groups in total. The van der Waals surface area contributed by atoms with E-state index in [-0.39, 0.29) is 12.2 Å². The maximum Gasteiger partial charge on any atom is 0.242 e. The van der Waals surface area contributed by atoms with Crippen LogP contribution in [0, 0.1) is 5.82 Å². The molecule has 1 amide bonds. The third-order valence-corrected chi connectivity index (χ3v) is 4.04. The fraction of sp³-hybridized carbons (Fsp3) is 0.364. The highest BCUT2D eigenvalue weighted by Gasteiger charge is 2.24. The van der Waals surface area contributed by atoms with Gasteiger partial charge in [0.05, 0.1) is 5.69 Å². The van der Waals surface area contributed by atoms with E-state index < -0.39 is 26.8 Å². The number of carbonyl (C=O) groups excluding carboxylic acids is 1. The van der Waals surface area contributed by atoms with Crippen LogP contribution in [0.5, 0.6) is 0 Å². The lowest BCUT2D eigenvalue weighted by molar-refractivity contribution is -0.115. The zero-order chi connectivity index (χ0) is 13.9. The molecule has 1 atom stereocenters. The molecule has 1 aromatic rings. The van der Waals surface area contributed by atoms with E-state index in [1.807, 2.05) is 0 Å². The van der Waals surface area contributed by atoms with Crippen molar-refractivity contribution in [3.05, 3.63) is 29.6 Å². The molecule has 0 aliphatic carbocycles. The number of hydrogen-bond donors (Lipinski definition) is 2. The van der Waals surface area contributed by atoms with Crippen LogP contribution in [0.15, 0.2) is 18.2 Å². The number of hydrogen-bond acceptors (Lipinski definition) is 4. The molecule has 0 heterocycles. The summed E-state index contributed by atoms with van der Waals surface area (Å²) in [6, 6.07) is 4.11. The van der Waals surface area contributed by atoms with Gasteiger partial charge < -0.3 is 11.1 Å². The van der Waals surface area contributed by atoms with Gasteiger partial charge in [-0.25, -0.2) is 12.8 Å². The van der Waals surface area contributed by atoms with Gasteiger partial charge in [-0.05, 0) is 24.6 Å². The van der Waals surface area contributed by atoms with Crippen molar-refractivity contribution >= 4 is 21.4 Å². The molecule has 1 unspecified atom stereocenters. The van der Waals surface area contributed by atoms with Crippen molar-refractivity contribution < 1.29 is 17.6 Å². The summed E-state index contributed by atoms with van der Waals surface area (Å²) in [5.41, 5.74) is 5.86. The molecule has 0 saturated heterocycles. The molecule has 0 radical (unpaired) electrons. The minimum atomic E-state index is -3.50. The molecule has 18 heavy (non-hydrogen) atoms. The fourth-order valence-corrected chi connectivity index (χ4v) is 1.66. The Morgan fingerprint density at radius 2 is 2.11 bits per heavy atom. The summed E-state index contributed by atoms with van der Waals surface area (Å²) in [7, 11) is -3.50. The normalized spacial score (nSPS) is 13.1. The SMILES string of the molecule is CC(C(=O)Nc1ccc(CN)cc1F)S(C)(=O)=O. The van der Waals surface area contributed by atoms with E-state index in [1.165, 1.54) is 19.1 Å². The predicted octanol–water partition coefficient (Wildman–Crippen LogP) is 0.656. The minimum Gasteiger partial charge on any atom is -0.326 e. The quantitative estimate of drug-likeness (QED) is 0.844. The number of amides is 1. The van der Waals surface area contributed by atoms with Gasteiger partial charge >= 0.3 is 0 Å². The third-order valence-electron chi connectivity index (χ3n) is 2.54. The van der Waals surface area contributed by atoms with Gasteiger partial charge in [0.25, 0.3) is 0 Å². The van der Waals surface area contributed by atoms with Crippen LogP contribution in [0.25, 0.3) is 0 Å². The maximum atomic E-state index is 13.5. The molecular weight excluding hydrogens is 259 g/mol. The molecule has 0 saturated carbocycles. The lowest BCUT2D eigenvalue weighted by Gasteiger charge is -2.11. The van der Waals surface area contributed by atoms with Gasteiger partial charge in [0.2, 0.25) is 5.91 Å². The number of halogens is 1. The summed E-state index contributed by atoms with van der Waals surface area (Å²) in [6.45, 7) is 1.43. The third kappa shape index (κ3) is 3.51. The number of carbonyl (C=O) groups is 1. The number of sulfone groups is 1. The summed E-state index contributed by atoms with van der Waals surface area (Å²) in [5.74, 6) is -1.41. The lowest BCUT2D eigenvalue weighted by atomic mass is 10.2. The summed E-state index contributed by atoms with van der Waals surface area (Å²) < 4.78 is 35.9. The molecule has 1 rings (SSSR count). The molecule has 0 spiro atoms. The van der Waals surface area contributed by atoms with Crippen molar-refractivity contribution in [3.63, 3.8) is 0 Å². The van der Waals surface area contributed by atoms with Crippen LogP contribution in [-0.2, 0) is 21.2 Å². The lowest BCUT2D eigenvalue weighted by Crippen LogP contribution is -2.32. The van der Waals surface area contributed by atoms with Crippen LogP contribution in [0.2, 0.25) is 0 Å². The Balaban J connectivity index is 2.89. The van der Waals surface area contributed by atoms with Crippen molar-refractivity contribution in [2.75, 3.05) is 11.6 Å². The fourth-order valence-electron chi connectivity index (χ4n) is 1.22. The number of benzene rings is 1. The van der Waals surface area contributed by atoms with Crippen molar-refractivity contribution in [1.29, 1.82) is 0 Å². The van der Waals surface area contributed by atoms with Crippen LogP contribution in [-0.4, -0.2) is 25.8 Å². The standard InChI is InChI=1S/C11H15FN2O3S/c1-7(18(2,16)17)11(15)14-10-4-3-8(6-13)5-9(10)12/h3-5,7H,6,13H2,1-2H3,(H,14,15). The highest BCUT2D eigenvalue weighted by Crippen LogP contribution is 2.16. The van der Waals surface area contributed by atoms with Gasteiger partial charge in [-0.3, -0.25) is 4.79 Å². The first-order valence-corrected chi connectivity index (χ1v) is 7.19. The minimum absolute atomic E-state index is 0.0623. The Morgan fingerprint density at radius 3 is 2.56 bits per heavy atom. The molecule has 0 bridgehead atoms. The highest BCUT2D eigenvalue weighted by atomic mass is 32.2. The van der Waals surface area contributed by atoms with Gasteiger partial charge in [0.15, 0.2) is 9.84 Å². The van der Waals surface area contributed by atoms with Crippen LogP contribution in [0.4, 0.5) is 10.1 Å². The number of anilines is 1. The van der Waals surface area contributed by atoms with E-state index in [4.69, 9.17) is 5.73 Å². The summed E-state index contributed by atoms with van der Waals surface area (Å²) in [6.07, 6.45) is 0.950. The van der Waals surface area contributed by atoms with Crippen LogP contribution < -0.4 is 11.1 Å². The maximum absolute atomic E-state index is 13.5. The Morgan fingerprint density at radius 1 is 1.50 bits per heavy atom. The molecule has 0 aliphatic rings. The summed E-state index contributed by atoms with van der Waals surface area (Å²) in [5, 5.41) is 1.00. The topological polar surface area (TPSA) is 89.3 Å². The van der Waals surface area contributed by atoms with Crippen molar-refractivity contribution in [3.8, 4) is 0 Å². The molecule has 0 fully saturated rings. The zero-order valence-electron chi connectivity index (χ0n) is 10.1. The van der Waals surface area contributed by atoms with Crippen LogP contribution in [0.1, 0.15) is 12.5 Å². The van der Waals surface area contributed by atoms with Crippen LogP contribution >= 0.6 is 0 Å². The van der Waals surface area contributed by atoms with E-state index in [0.29, 0.717) is 5.56 Å². The first-order chi connectivity index (χ1) is 8.25. The second-order valence-corrected chi connectivity index (χ2v) is 6.35. The average Bonchev–Trinajstić information content (AvgIpc) is 2.29. The highest BCUT2D eigenvalue weighted by molar-refractivity contribution is 7.92. The van der Waals surface area contributed by atoms with Crippen molar-refractivity contribution in [1.82, 2.24) is 0 Å². The molecule has 5 nitrogen and oxygen atoms in total. The average molecular weight is 274 g/mol. The van der Waals surface area contributed by atoms with Crippen LogP contribution in [0.3, 0.4) is 0 Å². The molecule has 1 aromatic carbocycles. The first-order valence-electron chi connectivity index (χ1n) is 5.24. The van der Waals surface area contributed by atoms with Gasteiger partial charge in [-0.15, -0.1) is 0 Å². The second-order valence-electron chi connectivity index (χ2n) is 3.98. The molecule has 0 aliphatic heterocycles. The van der Waals surface area contributed by atoms with Gasteiger partial charge in [0, 0.05) is 12.8 Å². The monoisotopic (exact) mass is 274 g/mol. The smallest absolute Gasteiger partial charge is 0.242 e. The second kappa shape index (κ2) is 5.45. The van der Waals surface area contributed by atoms with E-state index in [0.717, 1.165) is 6.26 Å². The van der Waals surface area contributed by atoms with Gasteiger partial charge in [0.1, 0.15) is 11.1 Å². The first kappa shape index (κ1) is 14.6. The number of rotatable bonds is 4. The Bertz CT molecular complexity index is 557. The molecule has 0 aromatic heterocycles. The van der Waals surface area contributed by atoms with E-state index in [2.05, 4.69) is 5.32 Å². The van der Waals surface area contributed by atoms with E-state index in [9.17, 15) is 17.6 Å². The van der Waals surface area contributed by atoms with E-state index >= 15 is 0 Å². The Kier molecular flexibility index (Phi) is 4.42. The van der Waals surface area contributed by atoms with Crippen molar-refractivity contribution in [2.24, 2.45) is 5.73 Å². The summed E-state index contributed by atoms with van der Waals surface area (Å²) >= 11 is 0. The number of nitrogens with one attached hydrogen (secondary N) is 1. The zero-order valence-corrected chi connectivity index (χ0v) is 10.9.